The molecule has 0 amide bonds. The number of rotatable bonds is 2. The lowest BCUT2D eigenvalue weighted by molar-refractivity contribution is 0.0512. The second kappa shape index (κ2) is 4.66. The Morgan fingerprint density at radius 3 is 2.50 bits per heavy atom. The molecule has 2 saturated carbocycles. The van der Waals surface area contributed by atoms with Crippen LogP contribution >= 0.6 is 0 Å². The quantitative estimate of drug-likeness (QED) is 0.777. The van der Waals surface area contributed by atoms with Gasteiger partial charge in [0.15, 0.2) is 0 Å². The number of likely N-dealkylation sites (tertiary alicyclic amines) is 1. The van der Waals surface area contributed by atoms with Gasteiger partial charge in [-0.15, -0.1) is 0 Å². The molecule has 0 aromatic heterocycles. The number of fused-ring (bicyclic) bond motifs is 1. The maximum atomic E-state index is 5.94. The van der Waals surface area contributed by atoms with E-state index in [0.717, 1.165) is 30.5 Å². The first-order valence-corrected chi connectivity index (χ1v) is 7.36. The molecular weight excluding hydrogens is 196 g/mol. The van der Waals surface area contributed by atoms with E-state index >= 15 is 0 Å². The fraction of sp³-hybridized carbons (Fsp3) is 1.00. The SMILES string of the molecule is NCC1CCCC1N1CCCC2CCCC21. The standard InChI is InChI=1S/C14H26N2/c15-10-12-5-2-8-14(12)16-9-3-6-11-4-1-7-13(11)16/h11-14H,1-10,15H2. The minimum Gasteiger partial charge on any atom is -0.330 e. The number of piperidine rings is 1. The maximum Gasteiger partial charge on any atom is 0.0139 e. The molecule has 16 heavy (non-hydrogen) atoms. The molecule has 0 aromatic carbocycles. The Balaban J connectivity index is 1.72. The van der Waals surface area contributed by atoms with E-state index in [1.807, 2.05) is 0 Å². The van der Waals surface area contributed by atoms with Crippen LogP contribution in [0, 0.1) is 11.8 Å². The van der Waals surface area contributed by atoms with Crippen molar-refractivity contribution in [3.05, 3.63) is 0 Å². The van der Waals surface area contributed by atoms with Gasteiger partial charge in [0.1, 0.15) is 0 Å². The lowest BCUT2D eigenvalue weighted by atomic mass is 9.88. The highest BCUT2D eigenvalue weighted by Gasteiger charge is 2.41. The zero-order chi connectivity index (χ0) is 11.0. The molecule has 1 heterocycles. The average molecular weight is 222 g/mol. The molecule has 92 valence electrons. The van der Waals surface area contributed by atoms with Gasteiger partial charge in [-0.05, 0) is 63.5 Å². The van der Waals surface area contributed by atoms with Crippen molar-refractivity contribution in [2.75, 3.05) is 13.1 Å². The monoisotopic (exact) mass is 222 g/mol. The Kier molecular flexibility index (Phi) is 3.21. The zero-order valence-corrected chi connectivity index (χ0v) is 10.4. The number of nitrogens with two attached hydrogens (primary N) is 1. The summed E-state index contributed by atoms with van der Waals surface area (Å²) < 4.78 is 0. The van der Waals surface area contributed by atoms with E-state index in [2.05, 4.69) is 4.90 Å². The minimum absolute atomic E-state index is 0.805. The molecule has 0 bridgehead atoms. The van der Waals surface area contributed by atoms with Gasteiger partial charge >= 0.3 is 0 Å². The van der Waals surface area contributed by atoms with E-state index < -0.39 is 0 Å². The summed E-state index contributed by atoms with van der Waals surface area (Å²) in [6.07, 6.45) is 11.6. The van der Waals surface area contributed by atoms with E-state index in [0.29, 0.717) is 0 Å². The highest BCUT2D eigenvalue weighted by atomic mass is 15.2. The van der Waals surface area contributed by atoms with Gasteiger partial charge in [-0.2, -0.15) is 0 Å². The molecule has 0 radical (unpaired) electrons. The van der Waals surface area contributed by atoms with Crippen LogP contribution in [0.1, 0.15) is 51.4 Å². The highest BCUT2D eigenvalue weighted by Crippen LogP contribution is 2.41. The van der Waals surface area contributed by atoms with Gasteiger partial charge in [-0.3, -0.25) is 4.90 Å². The molecule has 0 aromatic rings. The summed E-state index contributed by atoms with van der Waals surface area (Å²) in [6.45, 7) is 2.28. The molecule has 1 aliphatic heterocycles. The van der Waals surface area contributed by atoms with Gasteiger partial charge in [0.2, 0.25) is 0 Å². The van der Waals surface area contributed by atoms with Gasteiger partial charge in [0.25, 0.3) is 0 Å². The van der Waals surface area contributed by atoms with Crippen LogP contribution in [0.25, 0.3) is 0 Å². The van der Waals surface area contributed by atoms with Gasteiger partial charge in [0, 0.05) is 12.1 Å². The van der Waals surface area contributed by atoms with Crippen LogP contribution in [0.4, 0.5) is 0 Å². The van der Waals surface area contributed by atoms with Gasteiger partial charge in [-0.25, -0.2) is 0 Å². The van der Waals surface area contributed by atoms with Crippen LogP contribution in [0.2, 0.25) is 0 Å². The van der Waals surface area contributed by atoms with Crippen LogP contribution in [-0.4, -0.2) is 30.1 Å². The summed E-state index contributed by atoms with van der Waals surface area (Å²) in [7, 11) is 0. The van der Waals surface area contributed by atoms with Gasteiger partial charge in [-0.1, -0.05) is 12.8 Å². The molecule has 4 atom stereocenters. The fourth-order valence-electron chi connectivity index (χ4n) is 4.63. The largest absolute Gasteiger partial charge is 0.330 e. The first-order chi connectivity index (χ1) is 7.90. The summed E-state index contributed by atoms with van der Waals surface area (Å²) in [6, 6.07) is 1.78. The van der Waals surface area contributed by atoms with Crippen molar-refractivity contribution in [2.45, 2.75) is 63.5 Å². The Hall–Kier alpha value is -0.0800. The maximum absolute atomic E-state index is 5.94. The van der Waals surface area contributed by atoms with Crippen LogP contribution in [0.5, 0.6) is 0 Å². The third kappa shape index (κ3) is 1.80. The van der Waals surface area contributed by atoms with Crippen molar-refractivity contribution in [1.29, 1.82) is 0 Å². The Morgan fingerprint density at radius 1 is 0.875 bits per heavy atom. The van der Waals surface area contributed by atoms with E-state index in [-0.39, 0.29) is 0 Å². The molecule has 2 aliphatic carbocycles. The first-order valence-electron chi connectivity index (χ1n) is 7.36. The normalized spacial score (nSPS) is 44.8. The summed E-state index contributed by atoms with van der Waals surface area (Å²) in [5.41, 5.74) is 5.94. The Bertz CT molecular complexity index is 241. The number of nitrogens with zero attached hydrogens (tertiary/aromatic N) is 1. The van der Waals surface area contributed by atoms with Crippen molar-refractivity contribution in [1.82, 2.24) is 4.90 Å². The van der Waals surface area contributed by atoms with Crippen LogP contribution < -0.4 is 5.73 Å². The second-order valence-corrected chi connectivity index (χ2v) is 6.13. The predicted molar refractivity (Wildman–Crippen MR) is 67.3 cm³/mol. The molecule has 3 rings (SSSR count). The summed E-state index contributed by atoms with van der Waals surface area (Å²) in [4.78, 5) is 2.88. The summed E-state index contributed by atoms with van der Waals surface area (Å²) in [5, 5.41) is 0. The highest BCUT2D eigenvalue weighted by molar-refractivity contribution is 4.96. The third-order valence-corrected chi connectivity index (χ3v) is 5.38. The second-order valence-electron chi connectivity index (χ2n) is 6.13. The molecule has 3 fully saturated rings. The Morgan fingerprint density at radius 2 is 1.62 bits per heavy atom. The smallest absolute Gasteiger partial charge is 0.0139 e. The molecule has 0 spiro atoms. The molecule has 1 saturated heterocycles. The molecule has 3 aliphatic rings. The lowest BCUT2D eigenvalue weighted by Gasteiger charge is -2.43. The van der Waals surface area contributed by atoms with E-state index in [9.17, 15) is 0 Å². The molecule has 2 N–H and O–H groups in total. The van der Waals surface area contributed by atoms with E-state index in [4.69, 9.17) is 5.73 Å². The Labute approximate surface area is 99.6 Å². The van der Waals surface area contributed by atoms with Crippen LogP contribution in [0.15, 0.2) is 0 Å². The average Bonchev–Trinajstić information content (AvgIpc) is 2.96. The molecule has 2 heteroatoms. The summed E-state index contributed by atoms with van der Waals surface area (Å²) >= 11 is 0. The first kappa shape index (κ1) is 11.0. The van der Waals surface area contributed by atoms with Crippen molar-refractivity contribution >= 4 is 0 Å². The van der Waals surface area contributed by atoms with Gasteiger partial charge < -0.3 is 5.73 Å². The minimum atomic E-state index is 0.805. The van der Waals surface area contributed by atoms with E-state index in [1.54, 1.807) is 0 Å². The predicted octanol–water partition coefficient (Wildman–Crippen LogP) is 2.38. The number of hydrogen-bond acceptors (Lipinski definition) is 2. The molecule has 2 nitrogen and oxygen atoms in total. The fourth-order valence-corrected chi connectivity index (χ4v) is 4.63. The topological polar surface area (TPSA) is 29.3 Å². The molecular formula is C14H26N2. The lowest BCUT2D eigenvalue weighted by Crippen LogP contribution is -2.50. The molecule has 4 unspecified atom stereocenters. The van der Waals surface area contributed by atoms with Crippen molar-refractivity contribution in [3.8, 4) is 0 Å². The summed E-state index contributed by atoms with van der Waals surface area (Å²) in [5.74, 6) is 1.84. The van der Waals surface area contributed by atoms with Crippen LogP contribution in [0.3, 0.4) is 0 Å². The van der Waals surface area contributed by atoms with Crippen molar-refractivity contribution in [2.24, 2.45) is 17.6 Å². The van der Waals surface area contributed by atoms with Gasteiger partial charge in [0.05, 0.1) is 0 Å². The van der Waals surface area contributed by atoms with Crippen LogP contribution in [-0.2, 0) is 0 Å². The van der Waals surface area contributed by atoms with Crippen molar-refractivity contribution < 1.29 is 0 Å². The van der Waals surface area contributed by atoms with Crippen molar-refractivity contribution in [3.63, 3.8) is 0 Å². The number of hydrogen-bond donors (Lipinski definition) is 1. The zero-order valence-electron chi connectivity index (χ0n) is 10.4. The third-order valence-electron chi connectivity index (χ3n) is 5.38. The van der Waals surface area contributed by atoms with E-state index in [1.165, 1.54) is 57.9 Å².